The summed E-state index contributed by atoms with van der Waals surface area (Å²) in [5.74, 6) is -0.0133. The van der Waals surface area contributed by atoms with Crippen LogP contribution in [0.15, 0.2) is 42.6 Å². The number of carbonyl (C=O) groups is 1. The fourth-order valence-corrected chi connectivity index (χ4v) is 4.93. The van der Waals surface area contributed by atoms with E-state index in [4.69, 9.17) is 5.73 Å². The molecule has 4 aromatic rings. The summed E-state index contributed by atoms with van der Waals surface area (Å²) in [6.45, 7) is 8.11. The molecule has 0 aliphatic carbocycles. The topological polar surface area (TPSA) is 117 Å². The molecule has 0 atom stereocenters. The number of likely N-dealkylation sites (N-methyl/N-ethyl adjacent to an activating group) is 1. The van der Waals surface area contributed by atoms with Gasteiger partial charge in [0.25, 0.3) is 5.91 Å². The number of nitrogens with zero attached hydrogens (tertiary/aromatic N) is 6. The molecule has 2 aromatic carbocycles. The van der Waals surface area contributed by atoms with E-state index < -0.39 is 17.6 Å². The number of aromatic nitrogens is 4. The van der Waals surface area contributed by atoms with Crippen molar-refractivity contribution in [3.8, 4) is 0 Å². The molecule has 41 heavy (non-hydrogen) atoms. The number of amides is 1. The van der Waals surface area contributed by atoms with E-state index in [0.29, 0.717) is 41.3 Å². The summed E-state index contributed by atoms with van der Waals surface area (Å²) in [5, 5.41) is 11.1. The zero-order valence-corrected chi connectivity index (χ0v) is 23.1. The van der Waals surface area contributed by atoms with Crippen molar-refractivity contribution in [1.82, 2.24) is 29.5 Å². The molecule has 1 saturated heterocycles. The maximum absolute atomic E-state index is 14.0. The molecule has 0 saturated carbocycles. The van der Waals surface area contributed by atoms with Gasteiger partial charge in [0.15, 0.2) is 11.5 Å². The largest absolute Gasteiger partial charge is 0.416 e. The van der Waals surface area contributed by atoms with E-state index in [1.165, 1.54) is 12.1 Å². The van der Waals surface area contributed by atoms with Crippen LogP contribution in [0, 0.1) is 6.92 Å². The molecule has 10 nitrogen and oxygen atoms in total. The second-order valence-corrected chi connectivity index (χ2v) is 10.1. The van der Waals surface area contributed by atoms with Crippen LogP contribution >= 0.6 is 0 Å². The van der Waals surface area contributed by atoms with Crippen LogP contribution in [0.2, 0.25) is 0 Å². The van der Waals surface area contributed by atoms with E-state index in [1.54, 1.807) is 36.1 Å². The van der Waals surface area contributed by atoms with Gasteiger partial charge in [-0.25, -0.2) is 9.67 Å². The van der Waals surface area contributed by atoms with Gasteiger partial charge in [-0.3, -0.25) is 9.69 Å². The van der Waals surface area contributed by atoms with Gasteiger partial charge in [-0.05, 0) is 48.9 Å². The number of hydrogen-bond donors (Lipinski definition) is 3. The van der Waals surface area contributed by atoms with E-state index in [-0.39, 0.29) is 23.6 Å². The lowest BCUT2D eigenvalue weighted by Gasteiger charge is -2.34. The maximum Gasteiger partial charge on any atom is 0.416 e. The summed E-state index contributed by atoms with van der Waals surface area (Å²) >= 11 is 0. The third-order valence-electron chi connectivity index (χ3n) is 7.33. The Morgan fingerprint density at radius 2 is 1.80 bits per heavy atom. The molecular formula is C28H32F3N9O. The molecule has 2 aromatic heterocycles. The van der Waals surface area contributed by atoms with E-state index in [2.05, 4.69) is 37.5 Å². The van der Waals surface area contributed by atoms with Gasteiger partial charge in [0.05, 0.1) is 10.9 Å². The third kappa shape index (κ3) is 6.25. The lowest BCUT2D eigenvalue weighted by Crippen LogP contribution is -2.45. The molecule has 1 aliphatic heterocycles. The highest BCUT2D eigenvalue weighted by molar-refractivity contribution is 6.04. The van der Waals surface area contributed by atoms with Crippen molar-refractivity contribution >= 4 is 40.1 Å². The second-order valence-electron chi connectivity index (χ2n) is 10.1. The van der Waals surface area contributed by atoms with Crippen LogP contribution in [0.4, 0.5) is 36.3 Å². The van der Waals surface area contributed by atoms with Crippen LogP contribution < -0.4 is 16.4 Å². The molecule has 0 bridgehead atoms. The van der Waals surface area contributed by atoms with Gasteiger partial charge >= 0.3 is 6.18 Å². The Balaban J connectivity index is 1.34. The molecule has 13 heteroatoms. The predicted molar refractivity (Wildman–Crippen MR) is 152 cm³/mol. The fraction of sp³-hybridized carbons (Fsp3) is 0.357. The van der Waals surface area contributed by atoms with Gasteiger partial charge in [0.2, 0.25) is 5.95 Å². The van der Waals surface area contributed by atoms with Gasteiger partial charge < -0.3 is 21.3 Å². The zero-order chi connectivity index (χ0) is 29.3. The van der Waals surface area contributed by atoms with Gasteiger partial charge in [0.1, 0.15) is 0 Å². The predicted octanol–water partition coefficient (Wildman–Crippen LogP) is 4.41. The minimum atomic E-state index is -4.59. The Hall–Kier alpha value is -4.23. The number of benzene rings is 2. The molecule has 0 radical (unpaired) electrons. The van der Waals surface area contributed by atoms with Gasteiger partial charge in [-0.15, -0.1) is 0 Å². The number of fused-ring (bicyclic) bond motifs is 1. The first kappa shape index (κ1) is 28.3. The smallest absolute Gasteiger partial charge is 0.368 e. The molecule has 0 spiro atoms. The minimum absolute atomic E-state index is 0.0718. The molecule has 1 amide bonds. The number of hydrogen-bond acceptors (Lipinski definition) is 8. The number of piperazine rings is 1. The molecular weight excluding hydrogens is 535 g/mol. The number of rotatable bonds is 7. The third-order valence-corrected chi connectivity index (χ3v) is 7.33. The Labute approximate surface area is 235 Å². The monoisotopic (exact) mass is 567 g/mol. The van der Waals surface area contributed by atoms with Gasteiger partial charge in [-0.2, -0.15) is 23.3 Å². The number of aryl methyl sites for hydroxylation is 2. The highest BCUT2D eigenvalue weighted by Gasteiger charge is 2.34. The van der Waals surface area contributed by atoms with Crippen LogP contribution in [-0.4, -0.2) is 68.2 Å². The average molecular weight is 568 g/mol. The molecule has 5 rings (SSSR count). The summed E-state index contributed by atoms with van der Waals surface area (Å²) in [7, 11) is 1.73. The van der Waals surface area contributed by atoms with Crippen molar-refractivity contribution in [3.63, 3.8) is 0 Å². The number of carbonyl (C=O) groups excluding carboxylic acids is 1. The summed E-state index contributed by atoms with van der Waals surface area (Å²) in [4.78, 5) is 25.6. The van der Waals surface area contributed by atoms with Crippen molar-refractivity contribution in [2.75, 3.05) is 49.1 Å². The lowest BCUT2D eigenvalue weighted by molar-refractivity contribution is -0.138. The van der Waals surface area contributed by atoms with Crippen LogP contribution in [0.25, 0.3) is 11.0 Å². The highest BCUT2D eigenvalue weighted by Crippen LogP contribution is 2.34. The van der Waals surface area contributed by atoms with E-state index in [9.17, 15) is 18.0 Å². The first-order chi connectivity index (χ1) is 19.5. The SMILES string of the molecule is CCN1CCN(Cc2ccc(C(=O)Nc3ccc(C)c(Nc4nn(C)c5nc(N)ncc45)c3)cc2C(F)(F)F)CC1. The molecule has 216 valence electrons. The number of anilines is 4. The minimum Gasteiger partial charge on any atom is -0.368 e. The summed E-state index contributed by atoms with van der Waals surface area (Å²) in [6.07, 6.45) is -3.02. The fourth-order valence-electron chi connectivity index (χ4n) is 4.93. The number of nitrogens with one attached hydrogen (secondary N) is 2. The molecule has 1 aliphatic rings. The molecule has 4 N–H and O–H groups in total. The Kier molecular flexibility index (Phi) is 7.82. The number of nitrogen functional groups attached to an aromatic ring is 1. The second kappa shape index (κ2) is 11.3. The Morgan fingerprint density at radius 1 is 1.07 bits per heavy atom. The lowest BCUT2D eigenvalue weighted by atomic mass is 10.0. The van der Waals surface area contributed by atoms with E-state index in [0.717, 1.165) is 31.3 Å². The Bertz CT molecular complexity index is 1580. The molecule has 3 heterocycles. The van der Waals surface area contributed by atoms with Crippen LogP contribution in [0.5, 0.6) is 0 Å². The van der Waals surface area contributed by atoms with Gasteiger partial charge in [0, 0.05) is 62.9 Å². The molecule has 1 fully saturated rings. The molecule has 0 unspecified atom stereocenters. The average Bonchev–Trinajstić information content (AvgIpc) is 3.24. The number of nitrogens with two attached hydrogens (primary N) is 1. The van der Waals surface area contributed by atoms with Crippen molar-refractivity contribution < 1.29 is 18.0 Å². The van der Waals surface area contributed by atoms with Crippen molar-refractivity contribution in [1.29, 1.82) is 0 Å². The van der Waals surface area contributed by atoms with Crippen molar-refractivity contribution in [2.45, 2.75) is 26.6 Å². The summed E-state index contributed by atoms with van der Waals surface area (Å²) in [6, 6.07) is 8.97. The van der Waals surface area contributed by atoms with E-state index >= 15 is 0 Å². The maximum atomic E-state index is 14.0. The van der Waals surface area contributed by atoms with Crippen LogP contribution in [0.3, 0.4) is 0 Å². The quantitative estimate of drug-likeness (QED) is 0.301. The van der Waals surface area contributed by atoms with Gasteiger partial charge in [-0.1, -0.05) is 19.1 Å². The highest BCUT2D eigenvalue weighted by atomic mass is 19.4. The van der Waals surface area contributed by atoms with Crippen LogP contribution in [0.1, 0.15) is 34.0 Å². The van der Waals surface area contributed by atoms with Crippen molar-refractivity contribution in [3.05, 3.63) is 64.8 Å². The number of halogens is 3. The zero-order valence-electron chi connectivity index (χ0n) is 23.1. The Morgan fingerprint density at radius 3 is 2.51 bits per heavy atom. The first-order valence-corrected chi connectivity index (χ1v) is 13.3. The normalized spacial score (nSPS) is 14.9. The standard InChI is InChI=1S/C28H32F3N9O/c1-4-39-9-11-40(12-10-39)16-19-7-6-18(13-22(19)28(29,30)31)26(41)34-20-8-5-17(2)23(14-20)35-24-21-15-33-27(32)36-25(21)38(3)37-24/h5-8,13-15H,4,9-12,16H2,1-3H3,(H,34,41)(H,35,37)(H2,32,33,36). The number of alkyl halides is 3. The first-order valence-electron chi connectivity index (χ1n) is 13.3. The summed E-state index contributed by atoms with van der Waals surface area (Å²) in [5.41, 5.74) is 7.47. The van der Waals surface area contributed by atoms with E-state index in [1.807, 2.05) is 11.8 Å². The van der Waals surface area contributed by atoms with Crippen LogP contribution in [-0.2, 0) is 19.8 Å². The van der Waals surface area contributed by atoms with Crippen molar-refractivity contribution in [2.24, 2.45) is 7.05 Å². The summed E-state index contributed by atoms with van der Waals surface area (Å²) < 4.78 is 43.7.